The van der Waals surface area contributed by atoms with Gasteiger partial charge in [-0.2, -0.15) is 0 Å². The van der Waals surface area contributed by atoms with Crippen molar-refractivity contribution < 1.29 is 14.3 Å². The van der Waals surface area contributed by atoms with Crippen LogP contribution in [0, 0.1) is 17.8 Å². The molecule has 1 aromatic carbocycles. The molecule has 2 bridgehead atoms. The molecule has 1 amide bonds. The Labute approximate surface area is 131 Å². The number of benzene rings is 1. The number of hydrogen-bond donors (Lipinski definition) is 1. The summed E-state index contributed by atoms with van der Waals surface area (Å²) < 4.78 is 5.30. The van der Waals surface area contributed by atoms with Gasteiger partial charge in [0.1, 0.15) is 11.5 Å². The Morgan fingerprint density at radius 2 is 1.91 bits per heavy atom. The molecule has 0 unspecified atom stereocenters. The highest BCUT2D eigenvalue weighted by Crippen LogP contribution is 2.40. The summed E-state index contributed by atoms with van der Waals surface area (Å²) in [7, 11) is 1.63. The molecule has 1 aromatic rings. The van der Waals surface area contributed by atoms with Gasteiger partial charge in [0.15, 0.2) is 0 Å². The maximum absolute atomic E-state index is 12.4. The molecule has 0 saturated heterocycles. The second-order valence-electron chi connectivity index (χ2n) is 6.43. The molecule has 0 radical (unpaired) electrons. The summed E-state index contributed by atoms with van der Waals surface area (Å²) in [6.07, 6.45) is 4.52. The Bertz CT molecular complexity index is 553. The molecular formula is C18H23NO3. The van der Waals surface area contributed by atoms with Gasteiger partial charge in [0.05, 0.1) is 7.11 Å². The van der Waals surface area contributed by atoms with Crippen LogP contribution in [0.25, 0.3) is 0 Å². The Morgan fingerprint density at radius 1 is 1.23 bits per heavy atom. The van der Waals surface area contributed by atoms with Gasteiger partial charge in [-0.05, 0) is 31.7 Å². The van der Waals surface area contributed by atoms with Gasteiger partial charge in [0.2, 0.25) is 5.91 Å². The molecule has 2 fully saturated rings. The lowest BCUT2D eigenvalue weighted by molar-refractivity contribution is -0.137. The average Bonchev–Trinajstić information content (AvgIpc) is 2.52. The number of fused-ring (bicyclic) bond motifs is 2. The van der Waals surface area contributed by atoms with Crippen molar-refractivity contribution in [2.24, 2.45) is 17.8 Å². The topological polar surface area (TPSA) is 55.4 Å². The Balaban J connectivity index is 1.59. The number of hydrogen-bond acceptors (Lipinski definition) is 3. The van der Waals surface area contributed by atoms with E-state index in [2.05, 4.69) is 5.32 Å². The molecular weight excluding hydrogens is 278 g/mol. The first kappa shape index (κ1) is 15.1. The number of Topliss-reactive ketones (excluding diaryl/α,β-unsaturated/α-hetero) is 1. The van der Waals surface area contributed by atoms with E-state index >= 15 is 0 Å². The number of carbonyl (C=O) groups is 2. The van der Waals surface area contributed by atoms with Crippen LogP contribution in [0.2, 0.25) is 0 Å². The zero-order valence-corrected chi connectivity index (χ0v) is 13.0. The van der Waals surface area contributed by atoms with Gasteiger partial charge in [-0.1, -0.05) is 24.6 Å². The number of carbonyl (C=O) groups excluding carboxylic acids is 2. The molecule has 0 spiro atoms. The number of ether oxygens (including phenoxy) is 1. The Kier molecular flexibility index (Phi) is 4.46. The zero-order chi connectivity index (χ0) is 15.5. The Morgan fingerprint density at radius 3 is 2.59 bits per heavy atom. The summed E-state index contributed by atoms with van der Waals surface area (Å²) in [5, 5.41) is 3.02. The van der Waals surface area contributed by atoms with Crippen molar-refractivity contribution in [2.75, 3.05) is 7.11 Å². The summed E-state index contributed by atoms with van der Waals surface area (Å²) in [4.78, 5) is 24.5. The average molecular weight is 301 g/mol. The quantitative estimate of drug-likeness (QED) is 0.930. The zero-order valence-electron chi connectivity index (χ0n) is 13.0. The van der Waals surface area contributed by atoms with Crippen LogP contribution >= 0.6 is 0 Å². The first-order chi connectivity index (χ1) is 10.7. The number of rotatable bonds is 4. The van der Waals surface area contributed by atoms with Crippen molar-refractivity contribution in [1.82, 2.24) is 5.32 Å². The normalized spacial score (nSPS) is 27.3. The van der Waals surface area contributed by atoms with Crippen molar-refractivity contribution in [3.8, 4) is 5.75 Å². The molecule has 3 rings (SSSR count). The third-order valence-corrected chi connectivity index (χ3v) is 5.06. The Hall–Kier alpha value is -1.84. The molecule has 0 aromatic heterocycles. The fraction of sp³-hybridized carbons (Fsp3) is 0.556. The third-order valence-electron chi connectivity index (χ3n) is 5.06. The van der Waals surface area contributed by atoms with Crippen LogP contribution in [-0.2, 0) is 16.1 Å². The summed E-state index contributed by atoms with van der Waals surface area (Å²) in [5.74, 6) is 1.50. The molecule has 0 heterocycles. The number of nitrogens with one attached hydrogen (secondary N) is 1. The highest BCUT2D eigenvalue weighted by Gasteiger charge is 2.41. The highest BCUT2D eigenvalue weighted by atomic mass is 16.5. The first-order valence-electron chi connectivity index (χ1n) is 8.12. The van der Waals surface area contributed by atoms with E-state index in [1.165, 1.54) is 0 Å². The number of ketones is 1. The minimum atomic E-state index is -0.0114. The second kappa shape index (κ2) is 6.51. The molecule has 1 N–H and O–H groups in total. The lowest BCUT2D eigenvalue weighted by Crippen LogP contribution is -2.42. The number of para-hydroxylation sites is 1. The largest absolute Gasteiger partial charge is 0.496 e. The van der Waals surface area contributed by atoms with Crippen LogP contribution in [0.4, 0.5) is 0 Å². The predicted molar refractivity (Wildman–Crippen MR) is 83.4 cm³/mol. The molecule has 2 aliphatic carbocycles. The van der Waals surface area contributed by atoms with Crippen molar-refractivity contribution >= 4 is 11.7 Å². The molecule has 2 saturated carbocycles. The van der Waals surface area contributed by atoms with E-state index in [9.17, 15) is 9.59 Å². The summed E-state index contributed by atoms with van der Waals surface area (Å²) in [6.45, 7) is 0.475. The minimum Gasteiger partial charge on any atom is -0.496 e. The van der Waals surface area contributed by atoms with Crippen LogP contribution < -0.4 is 10.1 Å². The van der Waals surface area contributed by atoms with Crippen LogP contribution in [0.1, 0.15) is 37.7 Å². The van der Waals surface area contributed by atoms with Crippen LogP contribution in [0.15, 0.2) is 24.3 Å². The van der Waals surface area contributed by atoms with E-state index < -0.39 is 0 Å². The van der Waals surface area contributed by atoms with Gasteiger partial charge < -0.3 is 10.1 Å². The standard InChI is InChI=1S/C18H23NO3/c1-22-16-8-3-2-5-14(16)11-19-18(21)15-9-12-6-4-7-13(10-15)17(12)20/h2-3,5,8,12-13,15H,4,6-7,9-11H2,1H3,(H,19,21)/t12-,13-/m0/s1. The monoisotopic (exact) mass is 301 g/mol. The first-order valence-corrected chi connectivity index (χ1v) is 8.12. The van der Waals surface area contributed by atoms with Gasteiger partial charge in [-0.25, -0.2) is 0 Å². The summed E-state index contributed by atoms with van der Waals surface area (Å²) in [5.41, 5.74) is 0.977. The molecule has 0 aliphatic heterocycles. The van der Waals surface area contributed by atoms with Gasteiger partial charge in [0, 0.05) is 29.9 Å². The van der Waals surface area contributed by atoms with Crippen LogP contribution in [0.3, 0.4) is 0 Å². The van der Waals surface area contributed by atoms with Crippen LogP contribution in [-0.4, -0.2) is 18.8 Å². The summed E-state index contributed by atoms with van der Waals surface area (Å²) in [6, 6.07) is 7.70. The third kappa shape index (κ3) is 3.01. The van der Waals surface area contributed by atoms with Crippen molar-refractivity contribution in [1.29, 1.82) is 0 Å². The van der Waals surface area contributed by atoms with Crippen molar-refractivity contribution in [2.45, 2.75) is 38.6 Å². The van der Waals surface area contributed by atoms with Crippen LogP contribution in [0.5, 0.6) is 5.75 Å². The van der Waals surface area contributed by atoms with E-state index in [-0.39, 0.29) is 23.7 Å². The van der Waals surface area contributed by atoms with Gasteiger partial charge in [0.25, 0.3) is 0 Å². The maximum atomic E-state index is 12.4. The van der Waals surface area contributed by atoms with Gasteiger partial charge in [-0.3, -0.25) is 9.59 Å². The maximum Gasteiger partial charge on any atom is 0.223 e. The fourth-order valence-electron chi connectivity index (χ4n) is 3.87. The van der Waals surface area contributed by atoms with E-state index in [0.717, 1.165) is 43.4 Å². The molecule has 4 heteroatoms. The summed E-state index contributed by atoms with van der Waals surface area (Å²) >= 11 is 0. The second-order valence-corrected chi connectivity index (χ2v) is 6.43. The molecule has 22 heavy (non-hydrogen) atoms. The SMILES string of the molecule is COc1ccccc1CNC(=O)C1C[C@@H]2CCC[C@@H](C1)C2=O. The minimum absolute atomic E-state index is 0.0114. The van der Waals surface area contributed by atoms with Crippen molar-refractivity contribution in [3.63, 3.8) is 0 Å². The highest BCUT2D eigenvalue weighted by molar-refractivity contribution is 5.88. The van der Waals surface area contributed by atoms with E-state index in [0.29, 0.717) is 12.3 Å². The molecule has 4 nitrogen and oxygen atoms in total. The molecule has 2 atom stereocenters. The van der Waals surface area contributed by atoms with E-state index in [1.807, 2.05) is 24.3 Å². The lowest BCUT2D eigenvalue weighted by atomic mass is 9.67. The predicted octanol–water partition coefficient (Wildman–Crippen LogP) is 2.71. The number of methoxy groups -OCH3 is 1. The number of amides is 1. The smallest absolute Gasteiger partial charge is 0.223 e. The molecule has 2 aliphatic rings. The van der Waals surface area contributed by atoms with Crippen molar-refractivity contribution in [3.05, 3.63) is 29.8 Å². The van der Waals surface area contributed by atoms with E-state index in [1.54, 1.807) is 7.11 Å². The lowest BCUT2D eigenvalue weighted by Gasteiger charge is -2.36. The molecule has 118 valence electrons. The fourth-order valence-corrected chi connectivity index (χ4v) is 3.87. The van der Waals surface area contributed by atoms with Gasteiger partial charge >= 0.3 is 0 Å². The van der Waals surface area contributed by atoms with Gasteiger partial charge in [-0.15, -0.1) is 0 Å². The van der Waals surface area contributed by atoms with E-state index in [4.69, 9.17) is 4.74 Å².